The topological polar surface area (TPSA) is 106 Å². The maximum absolute atomic E-state index is 13.1. The average molecular weight is 406 g/mol. The zero-order valence-corrected chi connectivity index (χ0v) is 16.7. The maximum Gasteiger partial charge on any atom is 0.265 e. The lowest BCUT2D eigenvalue weighted by Gasteiger charge is -2.31. The van der Waals surface area contributed by atoms with Crippen molar-refractivity contribution in [2.24, 2.45) is 0 Å². The van der Waals surface area contributed by atoms with Crippen molar-refractivity contribution in [3.05, 3.63) is 29.4 Å². The molecule has 0 spiro atoms. The van der Waals surface area contributed by atoms with E-state index in [1.54, 1.807) is 19.9 Å². The predicted octanol–water partition coefficient (Wildman–Crippen LogP) is 1.79. The zero-order valence-electron chi connectivity index (χ0n) is 15.8. The van der Waals surface area contributed by atoms with Crippen molar-refractivity contribution < 1.29 is 22.5 Å². The summed E-state index contributed by atoms with van der Waals surface area (Å²) < 4.78 is 38.2. The molecule has 3 heterocycles. The van der Waals surface area contributed by atoms with Crippen LogP contribution in [0.15, 0.2) is 21.6 Å². The summed E-state index contributed by atoms with van der Waals surface area (Å²) in [6, 6.07) is 3.20. The van der Waals surface area contributed by atoms with Gasteiger partial charge in [-0.05, 0) is 31.4 Å². The van der Waals surface area contributed by atoms with Gasteiger partial charge in [0.2, 0.25) is 15.9 Å². The Morgan fingerprint density at radius 1 is 1.14 bits per heavy atom. The van der Waals surface area contributed by atoms with Crippen LogP contribution in [0.25, 0.3) is 0 Å². The summed E-state index contributed by atoms with van der Waals surface area (Å²) in [4.78, 5) is 18.2. The first-order valence-electron chi connectivity index (χ1n) is 9.23. The molecule has 0 atom stereocenters. The first-order valence-corrected chi connectivity index (χ1v) is 10.7. The fourth-order valence-electron chi connectivity index (χ4n) is 3.58. The van der Waals surface area contributed by atoms with Gasteiger partial charge in [0.25, 0.3) is 5.91 Å². The fourth-order valence-corrected chi connectivity index (χ4v) is 5.31. The molecule has 1 aromatic heterocycles. The number of carbonyl (C=O) groups excluding carboxylic acids is 1. The molecular weight excluding hydrogens is 384 g/mol. The molecule has 150 valence electrons. The number of aryl methyl sites for hydroxylation is 2. The number of nitrogens with zero attached hydrogens (tertiary/aromatic N) is 4. The Labute approximate surface area is 163 Å². The maximum atomic E-state index is 13.1. The van der Waals surface area contributed by atoms with E-state index < -0.39 is 10.0 Å². The Morgan fingerprint density at radius 3 is 2.57 bits per heavy atom. The van der Waals surface area contributed by atoms with Gasteiger partial charge in [-0.25, -0.2) is 8.42 Å². The first-order chi connectivity index (χ1) is 13.4. The summed E-state index contributed by atoms with van der Waals surface area (Å²) in [6.07, 6.45) is 2.78. The van der Waals surface area contributed by atoms with Crippen LogP contribution < -0.4 is 9.64 Å². The van der Waals surface area contributed by atoms with Crippen molar-refractivity contribution in [3.8, 4) is 5.75 Å². The molecule has 0 aliphatic carbocycles. The van der Waals surface area contributed by atoms with Crippen LogP contribution in [-0.2, 0) is 21.4 Å². The number of fused-ring (bicyclic) bond motifs is 1. The molecule has 28 heavy (non-hydrogen) atoms. The molecule has 2 aliphatic rings. The van der Waals surface area contributed by atoms with Gasteiger partial charge in [-0.15, -0.1) is 0 Å². The summed E-state index contributed by atoms with van der Waals surface area (Å²) >= 11 is 0. The molecular formula is C18H22N4O5S. The van der Waals surface area contributed by atoms with E-state index in [1.807, 2.05) is 0 Å². The van der Waals surface area contributed by atoms with E-state index in [2.05, 4.69) is 10.1 Å². The van der Waals surface area contributed by atoms with Crippen molar-refractivity contribution in [2.45, 2.75) is 44.6 Å². The van der Waals surface area contributed by atoms with Crippen LogP contribution in [0.4, 0.5) is 5.69 Å². The highest BCUT2D eigenvalue weighted by atomic mass is 32.2. The SMILES string of the molecule is Cc1nc(CN2C(=O)COc3cc(S(=O)(=O)N4CCCCC4)c(C)cc32)no1. The lowest BCUT2D eigenvalue weighted by atomic mass is 10.1. The quantitative estimate of drug-likeness (QED) is 0.762. The molecule has 1 saturated heterocycles. The minimum absolute atomic E-state index is 0.129. The Morgan fingerprint density at radius 2 is 1.89 bits per heavy atom. The van der Waals surface area contributed by atoms with Crippen LogP contribution >= 0.6 is 0 Å². The van der Waals surface area contributed by atoms with Crippen LogP contribution in [0.2, 0.25) is 0 Å². The average Bonchev–Trinajstić information content (AvgIpc) is 3.09. The number of piperidine rings is 1. The monoisotopic (exact) mass is 406 g/mol. The third kappa shape index (κ3) is 3.37. The largest absolute Gasteiger partial charge is 0.482 e. The summed E-state index contributed by atoms with van der Waals surface area (Å²) in [5, 5.41) is 3.83. The molecule has 1 fully saturated rings. The van der Waals surface area contributed by atoms with Crippen LogP contribution in [0.1, 0.15) is 36.5 Å². The number of sulfonamides is 1. The van der Waals surface area contributed by atoms with Gasteiger partial charge in [0.15, 0.2) is 12.4 Å². The van der Waals surface area contributed by atoms with Crippen LogP contribution in [0, 0.1) is 13.8 Å². The van der Waals surface area contributed by atoms with Crippen LogP contribution in [-0.4, -0.2) is 48.5 Å². The lowest BCUT2D eigenvalue weighted by Crippen LogP contribution is -2.39. The van der Waals surface area contributed by atoms with Gasteiger partial charge in [-0.1, -0.05) is 11.6 Å². The highest BCUT2D eigenvalue weighted by Gasteiger charge is 2.32. The summed E-state index contributed by atoms with van der Waals surface area (Å²) in [5.74, 6) is 0.901. The summed E-state index contributed by atoms with van der Waals surface area (Å²) in [6.45, 7) is 4.42. The number of carbonyl (C=O) groups is 1. The molecule has 4 rings (SSSR count). The van der Waals surface area contributed by atoms with Crippen molar-refractivity contribution >= 4 is 21.6 Å². The van der Waals surface area contributed by atoms with E-state index in [0.717, 1.165) is 19.3 Å². The molecule has 2 aliphatic heterocycles. The van der Waals surface area contributed by atoms with Gasteiger partial charge in [0.1, 0.15) is 5.75 Å². The van der Waals surface area contributed by atoms with Crippen molar-refractivity contribution in [2.75, 3.05) is 24.6 Å². The highest BCUT2D eigenvalue weighted by molar-refractivity contribution is 7.89. The van der Waals surface area contributed by atoms with Gasteiger partial charge in [-0.3, -0.25) is 9.69 Å². The third-order valence-corrected chi connectivity index (χ3v) is 7.04. The van der Waals surface area contributed by atoms with E-state index in [4.69, 9.17) is 9.26 Å². The molecule has 0 radical (unpaired) electrons. The minimum atomic E-state index is -3.60. The second-order valence-electron chi connectivity index (χ2n) is 7.05. The Bertz CT molecular complexity index is 1010. The summed E-state index contributed by atoms with van der Waals surface area (Å²) in [5.41, 5.74) is 1.07. The molecule has 0 unspecified atom stereocenters. The van der Waals surface area contributed by atoms with Crippen LogP contribution in [0.5, 0.6) is 5.75 Å². The third-order valence-electron chi connectivity index (χ3n) is 5.00. The lowest BCUT2D eigenvalue weighted by molar-refractivity contribution is -0.121. The number of ether oxygens (including phenoxy) is 1. The first kappa shape index (κ1) is 18.9. The smallest absolute Gasteiger partial charge is 0.265 e. The highest BCUT2D eigenvalue weighted by Crippen LogP contribution is 2.38. The van der Waals surface area contributed by atoms with Gasteiger partial charge >= 0.3 is 0 Å². The second kappa shape index (κ2) is 7.17. The van der Waals surface area contributed by atoms with Gasteiger partial charge < -0.3 is 9.26 Å². The van der Waals surface area contributed by atoms with Crippen molar-refractivity contribution in [1.82, 2.24) is 14.4 Å². The van der Waals surface area contributed by atoms with Gasteiger partial charge in [0.05, 0.1) is 17.1 Å². The second-order valence-corrected chi connectivity index (χ2v) is 8.95. The van der Waals surface area contributed by atoms with Crippen molar-refractivity contribution in [1.29, 1.82) is 0 Å². The molecule has 10 heteroatoms. The molecule has 1 aromatic carbocycles. The minimum Gasteiger partial charge on any atom is -0.482 e. The van der Waals surface area contributed by atoms with E-state index >= 15 is 0 Å². The van der Waals surface area contributed by atoms with Gasteiger partial charge in [0, 0.05) is 26.1 Å². The number of rotatable bonds is 4. The zero-order chi connectivity index (χ0) is 19.9. The standard InChI is InChI=1S/C18H22N4O5S/c1-12-8-14-15(9-16(12)28(24,25)21-6-4-3-5-7-21)26-11-18(23)22(14)10-17-19-13(2)27-20-17/h8-9H,3-7,10-11H2,1-2H3. The fraction of sp³-hybridized carbons (Fsp3) is 0.500. The molecule has 2 aromatic rings. The van der Waals surface area contributed by atoms with E-state index in [0.29, 0.717) is 41.8 Å². The predicted molar refractivity (Wildman–Crippen MR) is 99.5 cm³/mol. The number of aromatic nitrogens is 2. The van der Waals surface area contributed by atoms with Crippen molar-refractivity contribution in [3.63, 3.8) is 0 Å². The molecule has 0 saturated carbocycles. The molecule has 9 nitrogen and oxygen atoms in total. The normalized spacial score (nSPS) is 18.1. The number of benzene rings is 1. The molecule has 0 N–H and O–H groups in total. The molecule has 0 bridgehead atoms. The van der Waals surface area contributed by atoms with E-state index in [-0.39, 0.29) is 24.0 Å². The Kier molecular flexibility index (Phi) is 4.84. The van der Waals surface area contributed by atoms with Gasteiger partial charge in [-0.2, -0.15) is 9.29 Å². The van der Waals surface area contributed by atoms with E-state index in [9.17, 15) is 13.2 Å². The van der Waals surface area contributed by atoms with E-state index in [1.165, 1.54) is 15.3 Å². The number of hydrogen-bond donors (Lipinski definition) is 0. The number of anilines is 1. The number of amides is 1. The number of hydrogen-bond acceptors (Lipinski definition) is 7. The van der Waals surface area contributed by atoms with Crippen LogP contribution in [0.3, 0.4) is 0 Å². The Balaban J connectivity index is 1.70. The Hall–Kier alpha value is -2.46. The summed E-state index contributed by atoms with van der Waals surface area (Å²) in [7, 11) is -3.60. The molecule has 1 amide bonds.